The van der Waals surface area contributed by atoms with Crippen molar-refractivity contribution in [3.8, 4) is 0 Å². The molecule has 0 aromatic heterocycles. The highest BCUT2D eigenvalue weighted by Crippen LogP contribution is 2.15. The van der Waals surface area contributed by atoms with Crippen molar-refractivity contribution in [3.63, 3.8) is 0 Å². The molecule has 0 saturated carbocycles. The van der Waals surface area contributed by atoms with Gasteiger partial charge in [0.25, 0.3) is 0 Å². The molecule has 2 atom stereocenters. The molecule has 19 heavy (non-hydrogen) atoms. The number of nitrogens with one attached hydrogen (secondary N) is 2. The van der Waals surface area contributed by atoms with Crippen LogP contribution in [0.2, 0.25) is 0 Å². The zero-order chi connectivity index (χ0) is 13.7. The predicted octanol–water partition coefficient (Wildman–Crippen LogP) is 0.646. The van der Waals surface area contributed by atoms with Crippen LogP contribution >= 0.6 is 0 Å². The SMILES string of the molecule is CC(=O)NC1CCCN(C(=O)CCC2CCCN2)C1. The Hall–Kier alpha value is -1.10. The number of likely N-dealkylation sites (tertiary alicyclic amines) is 1. The van der Waals surface area contributed by atoms with Gasteiger partial charge in [0, 0.05) is 38.5 Å². The summed E-state index contributed by atoms with van der Waals surface area (Å²) in [5.74, 6) is 0.234. The van der Waals surface area contributed by atoms with Crippen molar-refractivity contribution in [2.45, 2.75) is 57.5 Å². The highest BCUT2D eigenvalue weighted by molar-refractivity contribution is 5.77. The Labute approximate surface area is 115 Å². The molecule has 2 amide bonds. The van der Waals surface area contributed by atoms with Gasteiger partial charge in [-0.05, 0) is 38.6 Å². The first-order valence-corrected chi connectivity index (χ1v) is 7.43. The van der Waals surface area contributed by atoms with Gasteiger partial charge in [0.15, 0.2) is 0 Å². The molecule has 2 N–H and O–H groups in total. The molecule has 0 aromatic carbocycles. The van der Waals surface area contributed by atoms with Crippen LogP contribution in [0, 0.1) is 0 Å². The predicted molar refractivity (Wildman–Crippen MR) is 73.7 cm³/mol. The first-order chi connectivity index (χ1) is 9.15. The summed E-state index contributed by atoms with van der Waals surface area (Å²) >= 11 is 0. The van der Waals surface area contributed by atoms with E-state index >= 15 is 0 Å². The Morgan fingerprint density at radius 3 is 2.84 bits per heavy atom. The molecule has 2 aliphatic rings. The molecule has 0 spiro atoms. The van der Waals surface area contributed by atoms with Crippen LogP contribution < -0.4 is 10.6 Å². The van der Waals surface area contributed by atoms with Crippen LogP contribution in [-0.2, 0) is 9.59 Å². The maximum Gasteiger partial charge on any atom is 0.222 e. The highest BCUT2D eigenvalue weighted by atomic mass is 16.2. The average Bonchev–Trinajstić information content (AvgIpc) is 2.88. The van der Waals surface area contributed by atoms with E-state index in [1.165, 1.54) is 19.8 Å². The second kappa shape index (κ2) is 6.89. The van der Waals surface area contributed by atoms with Gasteiger partial charge in [-0.3, -0.25) is 9.59 Å². The van der Waals surface area contributed by atoms with Crippen molar-refractivity contribution < 1.29 is 9.59 Å². The summed E-state index contributed by atoms with van der Waals surface area (Å²) in [5, 5.41) is 6.34. The Kier molecular flexibility index (Phi) is 5.19. The lowest BCUT2D eigenvalue weighted by Crippen LogP contribution is -2.49. The Morgan fingerprint density at radius 1 is 1.32 bits per heavy atom. The zero-order valence-electron chi connectivity index (χ0n) is 11.8. The molecule has 2 saturated heterocycles. The van der Waals surface area contributed by atoms with Gasteiger partial charge in [-0.1, -0.05) is 0 Å². The molecular weight excluding hydrogens is 242 g/mol. The first-order valence-electron chi connectivity index (χ1n) is 7.43. The number of hydrogen-bond acceptors (Lipinski definition) is 3. The lowest BCUT2D eigenvalue weighted by Gasteiger charge is -2.33. The average molecular weight is 267 g/mol. The number of hydrogen-bond donors (Lipinski definition) is 2. The van der Waals surface area contributed by atoms with E-state index in [0.29, 0.717) is 19.0 Å². The van der Waals surface area contributed by atoms with E-state index < -0.39 is 0 Å². The van der Waals surface area contributed by atoms with Crippen LogP contribution in [0.5, 0.6) is 0 Å². The lowest BCUT2D eigenvalue weighted by molar-refractivity contribution is -0.133. The Morgan fingerprint density at radius 2 is 2.16 bits per heavy atom. The first kappa shape index (κ1) is 14.3. The van der Waals surface area contributed by atoms with Gasteiger partial charge >= 0.3 is 0 Å². The van der Waals surface area contributed by atoms with Crippen LogP contribution in [0.25, 0.3) is 0 Å². The van der Waals surface area contributed by atoms with E-state index in [2.05, 4.69) is 10.6 Å². The second-order valence-electron chi connectivity index (χ2n) is 5.71. The molecule has 108 valence electrons. The molecule has 2 aliphatic heterocycles. The van der Waals surface area contributed by atoms with Crippen LogP contribution in [0.3, 0.4) is 0 Å². The maximum atomic E-state index is 12.2. The van der Waals surface area contributed by atoms with Gasteiger partial charge in [-0.25, -0.2) is 0 Å². The van der Waals surface area contributed by atoms with Crippen molar-refractivity contribution in [1.82, 2.24) is 15.5 Å². The molecule has 2 heterocycles. The molecule has 0 bridgehead atoms. The Bertz CT molecular complexity index is 327. The van der Waals surface area contributed by atoms with Gasteiger partial charge in [-0.15, -0.1) is 0 Å². The quantitative estimate of drug-likeness (QED) is 0.786. The maximum absolute atomic E-state index is 12.2. The highest BCUT2D eigenvalue weighted by Gasteiger charge is 2.24. The fraction of sp³-hybridized carbons (Fsp3) is 0.857. The van der Waals surface area contributed by atoms with E-state index in [-0.39, 0.29) is 17.9 Å². The molecule has 2 fully saturated rings. The number of carbonyl (C=O) groups is 2. The monoisotopic (exact) mass is 267 g/mol. The molecule has 5 nitrogen and oxygen atoms in total. The van der Waals surface area contributed by atoms with Crippen LogP contribution in [0.15, 0.2) is 0 Å². The van der Waals surface area contributed by atoms with Crippen molar-refractivity contribution in [1.29, 1.82) is 0 Å². The minimum Gasteiger partial charge on any atom is -0.352 e. The standard InChI is InChI=1S/C14H25N3O2/c1-11(18)16-13-5-3-9-17(10-13)14(19)7-6-12-4-2-8-15-12/h12-13,15H,2-10H2,1H3,(H,16,18). The minimum absolute atomic E-state index is 0.00513. The van der Waals surface area contributed by atoms with Crippen LogP contribution in [-0.4, -0.2) is 48.4 Å². The second-order valence-corrected chi connectivity index (χ2v) is 5.71. The van der Waals surface area contributed by atoms with Gasteiger partial charge in [0.05, 0.1) is 0 Å². The third-order valence-electron chi connectivity index (χ3n) is 4.05. The topological polar surface area (TPSA) is 61.4 Å². The molecule has 0 radical (unpaired) electrons. The van der Waals surface area contributed by atoms with E-state index in [1.54, 1.807) is 0 Å². The smallest absolute Gasteiger partial charge is 0.222 e. The van der Waals surface area contributed by atoms with Gasteiger partial charge in [0.2, 0.25) is 11.8 Å². The fourth-order valence-corrected chi connectivity index (χ4v) is 3.07. The third-order valence-corrected chi connectivity index (χ3v) is 4.05. The van der Waals surface area contributed by atoms with Gasteiger partial charge in [-0.2, -0.15) is 0 Å². The summed E-state index contributed by atoms with van der Waals surface area (Å²) < 4.78 is 0. The summed E-state index contributed by atoms with van der Waals surface area (Å²) in [7, 11) is 0. The number of rotatable bonds is 4. The summed E-state index contributed by atoms with van der Waals surface area (Å²) in [6.07, 6.45) is 5.96. The van der Waals surface area contributed by atoms with E-state index in [4.69, 9.17) is 0 Å². The molecule has 0 aliphatic carbocycles. The molecule has 2 rings (SSSR count). The van der Waals surface area contributed by atoms with Crippen molar-refractivity contribution >= 4 is 11.8 Å². The fourth-order valence-electron chi connectivity index (χ4n) is 3.07. The molecular formula is C14H25N3O2. The number of piperidine rings is 1. The van der Waals surface area contributed by atoms with E-state index in [1.807, 2.05) is 4.90 Å². The zero-order valence-corrected chi connectivity index (χ0v) is 11.8. The van der Waals surface area contributed by atoms with Crippen LogP contribution in [0.1, 0.15) is 45.4 Å². The van der Waals surface area contributed by atoms with Crippen LogP contribution in [0.4, 0.5) is 0 Å². The lowest BCUT2D eigenvalue weighted by atomic mass is 10.0. The number of nitrogens with zero attached hydrogens (tertiary/aromatic N) is 1. The van der Waals surface area contributed by atoms with E-state index in [0.717, 1.165) is 32.4 Å². The minimum atomic E-state index is -0.00513. The van der Waals surface area contributed by atoms with Gasteiger partial charge < -0.3 is 15.5 Å². The van der Waals surface area contributed by atoms with Gasteiger partial charge in [0.1, 0.15) is 0 Å². The summed E-state index contributed by atoms with van der Waals surface area (Å²) in [6.45, 7) is 4.14. The Balaban J connectivity index is 1.73. The summed E-state index contributed by atoms with van der Waals surface area (Å²) in [6, 6.07) is 0.666. The number of amides is 2. The number of carbonyl (C=O) groups excluding carboxylic acids is 2. The third kappa shape index (κ3) is 4.49. The largest absolute Gasteiger partial charge is 0.352 e. The molecule has 5 heteroatoms. The van der Waals surface area contributed by atoms with Crippen molar-refractivity contribution in [2.75, 3.05) is 19.6 Å². The summed E-state index contributed by atoms with van der Waals surface area (Å²) in [5.41, 5.74) is 0. The molecule has 0 aromatic rings. The van der Waals surface area contributed by atoms with Crippen molar-refractivity contribution in [3.05, 3.63) is 0 Å². The molecule has 2 unspecified atom stereocenters. The summed E-state index contributed by atoms with van der Waals surface area (Å²) in [4.78, 5) is 25.2. The van der Waals surface area contributed by atoms with E-state index in [9.17, 15) is 9.59 Å². The van der Waals surface area contributed by atoms with Crippen molar-refractivity contribution in [2.24, 2.45) is 0 Å². The normalized spacial score (nSPS) is 27.3.